The summed E-state index contributed by atoms with van der Waals surface area (Å²) < 4.78 is 39.0. The molecule has 36 heavy (non-hydrogen) atoms. The van der Waals surface area contributed by atoms with Gasteiger partial charge in [0.1, 0.15) is 17.6 Å². The van der Waals surface area contributed by atoms with Crippen molar-refractivity contribution in [3.05, 3.63) is 29.6 Å². The molecule has 3 amide bonds. The van der Waals surface area contributed by atoms with Gasteiger partial charge in [0.05, 0.1) is 6.07 Å². The van der Waals surface area contributed by atoms with Gasteiger partial charge in [-0.25, -0.2) is 0 Å². The predicted molar refractivity (Wildman–Crippen MR) is 122 cm³/mol. The molecule has 194 valence electrons. The van der Waals surface area contributed by atoms with E-state index in [1.54, 1.807) is 33.0 Å². The fraction of sp³-hybridized carbons (Fsp3) is 0.640. The maximum Gasteiger partial charge on any atom is 0.471 e. The fourth-order valence-electron chi connectivity index (χ4n) is 5.81. The first-order valence-corrected chi connectivity index (χ1v) is 11.9. The summed E-state index contributed by atoms with van der Waals surface area (Å²) in [4.78, 5) is 44.6. The zero-order valence-corrected chi connectivity index (χ0v) is 20.9. The van der Waals surface area contributed by atoms with E-state index in [1.165, 1.54) is 4.90 Å². The van der Waals surface area contributed by atoms with Crippen LogP contribution in [0.2, 0.25) is 0 Å². The summed E-state index contributed by atoms with van der Waals surface area (Å²) in [5, 5.41) is 14.7. The van der Waals surface area contributed by atoms with E-state index in [-0.39, 0.29) is 36.6 Å². The number of nitrogens with one attached hydrogen (secondary N) is 2. The molecule has 1 saturated carbocycles. The first-order chi connectivity index (χ1) is 16.5. The van der Waals surface area contributed by atoms with E-state index < -0.39 is 46.9 Å². The predicted octanol–water partition coefficient (Wildman–Crippen LogP) is 2.13. The van der Waals surface area contributed by atoms with Crippen LogP contribution in [0, 0.1) is 34.0 Å². The van der Waals surface area contributed by atoms with E-state index >= 15 is 0 Å². The standard InChI is InChI=1S/C25H30F3N5O3/c1-22(2,3)18(31-21(36)25(26,27)28)20(35)33-11-14-16(23(14,4)5)17(33)19(34)32-24(12-29)9-13-7-6-8-30-15(13)10-24/h6-8,14,16-18H,9-11H2,1-5H3,(H,31,36)(H,32,34)/t14?,16?,17?,18-,24?/m1/s1. The Balaban J connectivity index is 1.60. The van der Waals surface area contributed by atoms with Crippen molar-refractivity contribution in [3.8, 4) is 6.07 Å². The SMILES string of the molecule is CC1(C)C2CN(C(=O)[C@@H](NC(=O)C(F)(F)F)C(C)(C)C)C(C(=O)NC3(C#N)Cc4cccnc4C3)C21. The minimum atomic E-state index is -5.15. The summed E-state index contributed by atoms with van der Waals surface area (Å²) in [5.41, 5.74) is -0.954. The number of piperidine rings is 1. The molecule has 1 aromatic heterocycles. The third kappa shape index (κ3) is 4.31. The highest BCUT2D eigenvalue weighted by atomic mass is 19.4. The first-order valence-electron chi connectivity index (χ1n) is 11.9. The van der Waals surface area contributed by atoms with Crippen LogP contribution in [0.1, 0.15) is 45.9 Å². The molecule has 0 spiro atoms. The van der Waals surface area contributed by atoms with Gasteiger partial charge in [-0.1, -0.05) is 40.7 Å². The van der Waals surface area contributed by atoms with Crippen LogP contribution in [0.15, 0.2) is 18.3 Å². The van der Waals surface area contributed by atoms with Crippen LogP contribution in [0.5, 0.6) is 0 Å². The second-order valence-corrected chi connectivity index (χ2v) is 11.8. The number of carbonyl (C=O) groups is 3. The first kappa shape index (κ1) is 25.9. The van der Waals surface area contributed by atoms with Gasteiger partial charge in [0.2, 0.25) is 11.8 Å². The number of rotatable bonds is 4. The zero-order valence-electron chi connectivity index (χ0n) is 20.9. The fourth-order valence-corrected chi connectivity index (χ4v) is 5.81. The van der Waals surface area contributed by atoms with Crippen LogP contribution in [-0.2, 0) is 27.2 Å². The van der Waals surface area contributed by atoms with Crippen LogP contribution in [0.25, 0.3) is 0 Å². The van der Waals surface area contributed by atoms with Gasteiger partial charge in [-0.2, -0.15) is 18.4 Å². The smallest absolute Gasteiger partial charge is 0.336 e. The molecule has 2 N–H and O–H groups in total. The van der Waals surface area contributed by atoms with Crippen molar-refractivity contribution < 1.29 is 27.6 Å². The summed E-state index contributed by atoms with van der Waals surface area (Å²) in [6, 6.07) is 3.34. The maximum absolute atomic E-state index is 13.7. The van der Waals surface area contributed by atoms with Crippen LogP contribution in [0.3, 0.4) is 0 Å². The number of hydrogen-bond acceptors (Lipinski definition) is 5. The quantitative estimate of drug-likeness (QED) is 0.651. The average Bonchev–Trinajstić information content (AvgIpc) is 3.13. The Hall–Kier alpha value is -3.16. The highest BCUT2D eigenvalue weighted by Crippen LogP contribution is 2.65. The number of likely N-dealkylation sites (tertiary alicyclic amines) is 1. The van der Waals surface area contributed by atoms with Gasteiger partial charge in [-0.05, 0) is 34.3 Å². The van der Waals surface area contributed by atoms with Gasteiger partial charge >= 0.3 is 12.1 Å². The molecule has 1 saturated heterocycles. The van der Waals surface area contributed by atoms with E-state index in [4.69, 9.17) is 0 Å². The summed E-state index contributed by atoms with van der Waals surface area (Å²) in [6.45, 7) is 8.80. The lowest BCUT2D eigenvalue weighted by Crippen LogP contribution is -2.62. The van der Waals surface area contributed by atoms with Crippen LogP contribution < -0.4 is 10.6 Å². The number of alkyl halides is 3. The molecule has 2 aliphatic carbocycles. The number of aromatic nitrogens is 1. The Morgan fingerprint density at radius 3 is 2.44 bits per heavy atom. The normalized spacial score (nSPS) is 29.0. The molecule has 8 nitrogen and oxygen atoms in total. The molecule has 11 heteroatoms. The van der Waals surface area contributed by atoms with Gasteiger partial charge in [-0.15, -0.1) is 0 Å². The summed E-state index contributed by atoms with van der Waals surface area (Å²) in [6.07, 6.45) is -3.05. The second kappa shape index (κ2) is 8.18. The van der Waals surface area contributed by atoms with Crippen LogP contribution in [-0.4, -0.2) is 57.9 Å². The van der Waals surface area contributed by atoms with Crippen molar-refractivity contribution in [2.75, 3.05) is 6.54 Å². The zero-order chi connectivity index (χ0) is 26.8. The number of halogens is 3. The molecule has 2 fully saturated rings. The minimum absolute atomic E-state index is 0.0170. The number of pyridine rings is 1. The Labute approximate surface area is 207 Å². The van der Waals surface area contributed by atoms with Gasteiger partial charge in [-0.3, -0.25) is 19.4 Å². The molecule has 4 rings (SSSR count). The summed E-state index contributed by atoms with van der Waals surface area (Å²) in [7, 11) is 0. The summed E-state index contributed by atoms with van der Waals surface area (Å²) in [5.74, 6) is -3.70. The lowest BCUT2D eigenvalue weighted by molar-refractivity contribution is -0.176. The van der Waals surface area contributed by atoms with E-state index in [0.29, 0.717) is 5.69 Å². The molecule has 0 bridgehead atoms. The van der Waals surface area contributed by atoms with Gasteiger partial charge in [0, 0.05) is 31.3 Å². The van der Waals surface area contributed by atoms with Crippen LogP contribution >= 0.6 is 0 Å². The van der Waals surface area contributed by atoms with Crippen molar-refractivity contribution in [2.45, 2.75) is 71.3 Å². The van der Waals surface area contributed by atoms with Gasteiger partial charge in [0.15, 0.2) is 0 Å². The molecule has 1 aromatic rings. The van der Waals surface area contributed by atoms with Gasteiger partial charge in [0.25, 0.3) is 0 Å². The lowest BCUT2D eigenvalue weighted by atomic mass is 9.85. The molecule has 2 heterocycles. The highest BCUT2D eigenvalue weighted by molar-refractivity contribution is 5.95. The van der Waals surface area contributed by atoms with Crippen molar-refractivity contribution >= 4 is 17.7 Å². The molecule has 5 atom stereocenters. The third-order valence-electron chi connectivity index (χ3n) is 7.93. The maximum atomic E-state index is 13.7. The van der Waals surface area contributed by atoms with Crippen molar-refractivity contribution in [2.24, 2.45) is 22.7 Å². The molecule has 4 unspecified atom stereocenters. The van der Waals surface area contributed by atoms with E-state index in [9.17, 15) is 32.8 Å². The Kier molecular flexibility index (Phi) is 5.89. The highest BCUT2D eigenvalue weighted by Gasteiger charge is 2.70. The minimum Gasteiger partial charge on any atom is -0.336 e. The number of nitriles is 1. The molecule has 0 aromatic carbocycles. The topological polar surface area (TPSA) is 115 Å². The number of fused-ring (bicyclic) bond motifs is 2. The summed E-state index contributed by atoms with van der Waals surface area (Å²) >= 11 is 0. The second-order valence-electron chi connectivity index (χ2n) is 11.8. The number of amides is 3. The van der Waals surface area contributed by atoms with Crippen LogP contribution in [0.4, 0.5) is 13.2 Å². The third-order valence-corrected chi connectivity index (χ3v) is 7.93. The Morgan fingerprint density at radius 2 is 1.89 bits per heavy atom. The number of nitrogens with zero attached hydrogens (tertiary/aromatic N) is 3. The largest absolute Gasteiger partial charge is 0.471 e. The van der Waals surface area contributed by atoms with Crippen molar-refractivity contribution in [3.63, 3.8) is 0 Å². The molecule has 1 aliphatic heterocycles. The molecular formula is C25H30F3N5O3. The van der Waals surface area contributed by atoms with Crippen molar-refractivity contribution in [1.29, 1.82) is 5.26 Å². The van der Waals surface area contributed by atoms with Crippen molar-refractivity contribution in [1.82, 2.24) is 20.5 Å². The molecule has 3 aliphatic rings. The van der Waals surface area contributed by atoms with E-state index in [1.807, 2.05) is 25.2 Å². The Bertz CT molecular complexity index is 1130. The van der Waals surface area contributed by atoms with E-state index in [0.717, 1.165) is 5.56 Å². The monoisotopic (exact) mass is 505 g/mol. The number of carbonyl (C=O) groups excluding carboxylic acids is 3. The molecule has 0 radical (unpaired) electrons. The molecular weight excluding hydrogens is 475 g/mol. The lowest BCUT2D eigenvalue weighted by Gasteiger charge is -2.38. The average molecular weight is 506 g/mol. The van der Waals surface area contributed by atoms with Gasteiger partial charge < -0.3 is 15.5 Å². The number of hydrogen-bond donors (Lipinski definition) is 2. The Morgan fingerprint density at radius 1 is 1.22 bits per heavy atom. The van der Waals surface area contributed by atoms with E-state index in [2.05, 4.69) is 16.4 Å².